The van der Waals surface area contributed by atoms with E-state index in [0.29, 0.717) is 37.1 Å². The van der Waals surface area contributed by atoms with Gasteiger partial charge in [0.15, 0.2) is 0 Å². The van der Waals surface area contributed by atoms with Gasteiger partial charge < -0.3 is 10.2 Å². The molecule has 8 heteroatoms. The van der Waals surface area contributed by atoms with Gasteiger partial charge in [0.25, 0.3) is 11.8 Å². The maximum absolute atomic E-state index is 12.4. The minimum absolute atomic E-state index is 0.0237. The van der Waals surface area contributed by atoms with Crippen LogP contribution in [0.2, 0.25) is 0 Å². The molecule has 7 nitrogen and oxygen atoms in total. The van der Waals surface area contributed by atoms with Crippen molar-refractivity contribution in [2.75, 3.05) is 19.6 Å². The van der Waals surface area contributed by atoms with Crippen LogP contribution in [-0.2, 0) is 9.59 Å². The number of fused-ring (bicyclic) bond motifs is 1. The molecule has 4 amide bonds. The molecule has 3 rings (SSSR count). The molecule has 27 heavy (non-hydrogen) atoms. The molecule has 0 saturated carbocycles. The summed E-state index contributed by atoms with van der Waals surface area (Å²) in [6.45, 7) is 2.96. The third kappa shape index (κ3) is 4.37. The Morgan fingerprint density at radius 2 is 1.81 bits per heavy atom. The molecule has 1 aromatic carbocycles. The molecule has 2 aliphatic heterocycles. The molecule has 0 bridgehead atoms. The number of imide groups is 1. The molecule has 2 aliphatic rings. The molecule has 1 fully saturated rings. The van der Waals surface area contributed by atoms with Crippen LogP contribution < -0.4 is 5.32 Å². The minimum atomic E-state index is -0.306. The molecule has 0 radical (unpaired) electrons. The van der Waals surface area contributed by atoms with Gasteiger partial charge in [-0.15, -0.1) is 0 Å². The molecule has 1 aromatic rings. The van der Waals surface area contributed by atoms with Crippen molar-refractivity contribution in [3.05, 3.63) is 33.8 Å². The van der Waals surface area contributed by atoms with Crippen LogP contribution in [0.4, 0.5) is 0 Å². The molecule has 0 spiro atoms. The molecular formula is C19H22BrN3O4. The van der Waals surface area contributed by atoms with Crippen molar-refractivity contribution in [1.82, 2.24) is 15.1 Å². The molecule has 0 unspecified atom stereocenters. The van der Waals surface area contributed by atoms with Crippen LogP contribution >= 0.6 is 15.9 Å². The third-order valence-electron chi connectivity index (χ3n) is 4.96. The topological polar surface area (TPSA) is 86.8 Å². The van der Waals surface area contributed by atoms with E-state index in [0.717, 1.165) is 17.3 Å². The third-order valence-corrected chi connectivity index (χ3v) is 5.45. The SMILES string of the molecule is CC(=O)NC1CCN(C(=O)CCCN2C(=O)c3ccc(Br)cc3C2=O)CC1. The van der Waals surface area contributed by atoms with Crippen LogP contribution in [-0.4, -0.2) is 59.1 Å². The van der Waals surface area contributed by atoms with Crippen LogP contribution in [0.5, 0.6) is 0 Å². The first kappa shape index (κ1) is 19.5. The van der Waals surface area contributed by atoms with Gasteiger partial charge >= 0.3 is 0 Å². The summed E-state index contributed by atoms with van der Waals surface area (Å²) in [5, 5.41) is 2.88. The van der Waals surface area contributed by atoms with Gasteiger partial charge in [0.05, 0.1) is 11.1 Å². The first-order valence-electron chi connectivity index (χ1n) is 9.07. The Hall–Kier alpha value is -2.22. The van der Waals surface area contributed by atoms with E-state index in [9.17, 15) is 19.2 Å². The standard InChI is InChI=1S/C19H22BrN3O4/c1-12(24)21-14-6-9-22(10-7-14)17(25)3-2-8-23-18(26)15-5-4-13(20)11-16(15)19(23)27/h4-5,11,14H,2-3,6-10H2,1H3,(H,21,24). The van der Waals surface area contributed by atoms with Crippen molar-refractivity contribution in [3.63, 3.8) is 0 Å². The number of likely N-dealkylation sites (tertiary alicyclic amines) is 1. The van der Waals surface area contributed by atoms with Crippen molar-refractivity contribution in [3.8, 4) is 0 Å². The quantitative estimate of drug-likeness (QED) is 0.715. The molecule has 0 aromatic heterocycles. The molecule has 1 saturated heterocycles. The van der Waals surface area contributed by atoms with Crippen molar-refractivity contribution in [1.29, 1.82) is 0 Å². The Balaban J connectivity index is 1.47. The lowest BCUT2D eigenvalue weighted by Gasteiger charge is -2.32. The number of hydrogen-bond acceptors (Lipinski definition) is 4. The number of carbonyl (C=O) groups is 4. The van der Waals surface area contributed by atoms with Crippen LogP contribution in [0, 0.1) is 0 Å². The summed E-state index contributed by atoms with van der Waals surface area (Å²) in [4.78, 5) is 51.3. The fourth-order valence-corrected chi connectivity index (χ4v) is 3.93. The van der Waals surface area contributed by atoms with E-state index in [2.05, 4.69) is 21.2 Å². The van der Waals surface area contributed by atoms with Crippen LogP contribution in [0.25, 0.3) is 0 Å². The fourth-order valence-electron chi connectivity index (χ4n) is 3.57. The van der Waals surface area contributed by atoms with Gasteiger partial charge in [0.2, 0.25) is 11.8 Å². The summed E-state index contributed by atoms with van der Waals surface area (Å²) >= 11 is 3.31. The molecular weight excluding hydrogens is 414 g/mol. The highest BCUT2D eigenvalue weighted by molar-refractivity contribution is 9.10. The minimum Gasteiger partial charge on any atom is -0.353 e. The summed E-state index contributed by atoms with van der Waals surface area (Å²) in [6, 6.07) is 5.16. The molecule has 144 valence electrons. The van der Waals surface area contributed by atoms with Gasteiger partial charge in [-0.3, -0.25) is 24.1 Å². The van der Waals surface area contributed by atoms with Gasteiger partial charge in [-0.25, -0.2) is 0 Å². The fraction of sp³-hybridized carbons (Fsp3) is 0.474. The Kier molecular flexibility index (Phi) is 5.94. The Labute approximate surface area is 166 Å². The van der Waals surface area contributed by atoms with Gasteiger partial charge in [0, 0.05) is 43.5 Å². The molecule has 2 heterocycles. The van der Waals surface area contributed by atoms with E-state index in [1.807, 2.05) is 0 Å². The second-order valence-corrected chi connectivity index (χ2v) is 7.83. The normalized spacial score (nSPS) is 17.3. The van der Waals surface area contributed by atoms with Crippen LogP contribution in [0.1, 0.15) is 53.3 Å². The second-order valence-electron chi connectivity index (χ2n) is 6.91. The summed E-state index contributed by atoms with van der Waals surface area (Å²) < 4.78 is 0.752. The average molecular weight is 436 g/mol. The predicted octanol–water partition coefficient (Wildman–Crippen LogP) is 1.95. The van der Waals surface area contributed by atoms with Crippen molar-refractivity contribution < 1.29 is 19.2 Å². The first-order valence-corrected chi connectivity index (χ1v) is 9.86. The number of nitrogens with one attached hydrogen (secondary N) is 1. The lowest BCUT2D eigenvalue weighted by molar-refractivity contribution is -0.132. The Morgan fingerprint density at radius 1 is 1.15 bits per heavy atom. The van der Waals surface area contributed by atoms with Crippen molar-refractivity contribution >= 4 is 39.6 Å². The van der Waals surface area contributed by atoms with E-state index in [1.54, 1.807) is 23.1 Å². The Morgan fingerprint density at radius 3 is 2.48 bits per heavy atom. The van der Waals surface area contributed by atoms with E-state index in [-0.39, 0.29) is 36.2 Å². The zero-order chi connectivity index (χ0) is 19.6. The Bertz CT molecular complexity index is 787. The predicted molar refractivity (Wildman–Crippen MR) is 102 cm³/mol. The molecule has 0 atom stereocenters. The van der Waals surface area contributed by atoms with Gasteiger partial charge in [-0.2, -0.15) is 0 Å². The van der Waals surface area contributed by atoms with E-state index >= 15 is 0 Å². The van der Waals surface area contributed by atoms with E-state index < -0.39 is 0 Å². The molecule has 1 N–H and O–H groups in total. The summed E-state index contributed by atoms with van der Waals surface area (Å²) in [6.07, 6.45) is 2.23. The van der Waals surface area contributed by atoms with Crippen molar-refractivity contribution in [2.45, 2.75) is 38.6 Å². The number of halogens is 1. The number of hydrogen-bond donors (Lipinski definition) is 1. The van der Waals surface area contributed by atoms with Gasteiger partial charge in [-0.05, 0) is 37.5 Å². The maximum Gasteiger partial charge on any atom is 0.261 e. The first-order chi connectivity index (χ1) is 12.9. The highest BCUT2D eigenvalue weighted by atomic mass is 79.9. The lowest BCUT2D eigenvalue weighted by Crippen LogP contribution is -2.46. The largest absolute Gasteiger partial charge is 0.353 e. The highest BCUT2D eigenvalue weighted by Gasteiger charge is 2.35. The number of piperidine rings is 1. The molecule has 0 aliphatic carbocycles. The zero-order valence-electron chi connectivity index (χ0n) is 15.2. The zero-order valence-corrected chi connectivity index (χ0v) is 16.8. The smallest absolute Gasteiger partial charge is 0.261 e. The summed E-state index contributed by atoms with van der Waals surface area (Å²) in [5.74, 6) is -0.630. The monoisotopic (exact) mass is 435 g/mol. The lowest BCUT2D eigenvalue weighted by atomic mass is 10.0. The van der Waals surface area contributed by atoms with E-state index in [1.165, 1.54) is 11.8 Å². The number of benzene rings is 1. The van der Waals surface area contributed by atoms with Crippen LogP contribution in [0.15, 0.2) is 22.7 Å². The average Bonchev–Trinajstić information content (AvgIpc) is 2.86. The number of nitrogens with zero attached hydrogens (tertiary/aromatic N) is 2. The summed E-state index contributed by atoms with van der Waals surface area (Å²) in [7, 11) is 0. The number of carbonyl (C=O) groups excluding carboxylic acids is 4. The number of rotatable bonds is 5. The van der Waals surface area contributed by atoms with Crippen LogP contribution in [0.3, 0.4) is 0 Å². The maximum atomic E-state index is 12.4. The van der Waals surface area contributed by atoms with Gasteiger partial charge in [-0.1, -0.05) is 15.9 Å². The van der Waals surface area contributed by atoms with E-state index in [4.69, 9.17) is 0 Å². The van der Waals surface area contributed by atoms with Crippen molar-refractivity contribution in [2.24, 2.45) is 0 Å². The van der Waals surface area contributed by atoms with Gasteiger partial charge in [0.1, 0.15) is 0 Å². The number of amides is 4. The second kappa shape index (κ2) is 8.21. The summed E-state index contributed by atoms with van der Waals surface area (Å²) in [5.41, 5.74) is 0.815. The highest BCUT2D eigenvalue weighted by Crippen LogP contribution is 2.26.